The molecule has 0 fully saturated rings. The maximum Gasteiger partial charge on any atom is 0.306 e. The molecule has 0 spiro atoms. The second kappa shape index (κ2) is 10.4. The number of carbonyl (C=O) groups is 4. The van der Waals surface area contributed by atoms with Crippen molar-refractivity contribution in [3.63, 3.8) is 0 Å². The summed E-state index contributed by atoms with van der Waals surface area (Å²) in [6, 6.07) is 8.31. The molecule has 2 rings (SSSR count). The van der Waals surface area contributed by atoms with Crippen molar-refractivity contribution in [1.82, 2.24) is 0 Å². The number of rotatable bonds is 9. The largest absolute Gasteiger partial charge is 0.495 e. The monoisotopic (exact) mass is 418 g/mol. The number of benzene rings is 1. The third kappa shape index (κ3) is 7.04. The summed E-state index contributed by atoms with van der Waals surface area (Å²) in [7, 11) is 1.44. The van der Waals surface area contributed by atoms with E-state index in [2.05, 4.69) is 10.6 Å². The molecule has 29 heavy (non-hydrogen) atoms. The Hall–Kier alpha value is -3.20. The number of ketones is 1. The number of amides is 2. The molecule has 0 aliphatic carbocycles. The molecule has 154 valence electrons. The van der Waals surface area contributed by atoms with Crippen LogP contribution in [0.25, 0.3) is 0 Å². The average molecular weight is 418 g/mol. The summed E-state index contributed by atoms with van der Waals surface area (Å²) < 4.78 is 10.1. The molecule has 0 aliphatic rings. The molecule has 1 heterocycles. The molecular formula is C20H22N2O6S. The van der Waals surface area contributed by atoms with Crippen molar-refractivity contribution in [3.8, 4) is 5.75 Å². The average Bonchev–Trinajstić information content (AvgIpc) is 3.10. The van der Waals surface area contributed by atoms with E-state index in [1.807, 2.05) is 13.0 Å². The third-order valence-corrected chi connectivity index (χ3v) is 4.77. The predicted octanol–water partition coefficient (Wildman–Crippen LogP) is 3.17. The van der Waals surface area contributed by atoms with Gasteiger partial charge in [0.05, 0.1) is 24.1 Å². The SMILES string of the molecule is COc1ccc(NC(C)=O)cc1NC(=O)COC(=O)CCC(=O)c1ccc(C)s1. The Balaban J connectivity index is 1.83. The summed E-state index contributed by atoms with van der Waals surface area (Å²) in [5, 5.41) is 5.17. The van der Waals surface area contributed by atoms with Gasteiger partial charge >= 0.3 is 5.97 Å². The molecule has 2 N–H and O–H groups in total. The van der Waals surface area contributed by atoms with Crippen molar-refractivity contribution in [2.45, 2.75) is 26.7 Å². The summed E-state index contributed by atoms with van der Waals surface area (Å²) in [4.78, 5) is 48.7. The van der Waals surface area contributed by atoms with Gasteiger partial charge in [0.25, 0.3) is 5.91 Å². The van der Waals surface area contributed by atoms with Crippen LogP contribution in [-0.4, -0.2) is 37.3 Å². The van der Waals surface area contributed by atoms with Gasteiger partial charge in [-0.2, -0.15) is 0 Å². The zero-order valence-corrected chi connectivity index (χ0v) is 17.2. The van der Waals surface area contributed by atoms with E-state index in [1.165, 1.54) is 31.4 Å². The molecule has 0 unspecified atom stereocenters. The van der Waals surface area contributed by atoms with Gasteiger partial charge in [-0.1, -0.05) is 0 Å². The number of carbonyl (C=O) groups excluding carboxylic acids is 4. The molecule has 9 heteroatoms. The molecule has 1 aromatic heterocycles. The zero-order chi connectivity index (χ0) is 21.4. The highest BCUT2D eigenvalue weighted by atomic mass is 32.1. The zero-order valence-electron chi connectivity index (χ0n) is 16.4. The van der Waals surface area contributed by atoms with Crippen molar-refractivity contribution in [1.29, 1.82) is 0 Å². The summed E-state index contributed by atoms with van der Waals surface area (Å²) in [6.07, 6.45) is -0.0859. The molecule has 0 atom stereocenters. The maximum atomic E-state index is 12.1. The molecule has 8 nitrogen and oxygen atoms in total. The van der Waals surface area contributed by atoms with Gasteiger partial charge in [-0.3, -0.25) is 19.2 Å². The van der Waals surface area contributed by atoms with Crippen molar-refractivity contribution >= 4 is 46.3 Å². The number of Topliss-reactive ketones (excluding diaryl/α,β-unsaturated/α-hetero) is 1. The van der Waals surface area contributed by atoms with Crippen LogP contribution in [0.3, 0.4) is 0 Å². The molecule has 0 bridgehead atoms. The van der Waals surface area contributed by atoms with Crippen molar-refractivity contribution in [2.24, 2.45) is 0 Å². The lowest BCUT2D eigenvalue weighted by molar-refractivity contribution is -0.147. The first-order valence-electron chi connectivity index (χ1n) is 8.79. The lowest BCUT2D eigenvalue weighted by atomic mass is 10.2. The number of esters is 1. The summed E-state index contributed by atoms with van der Waals surface area (Å²) in [5.41, 5.74) is 0.802. The molecule has 0 saturated carbocycles. The predicted molar refractivity (Wildman–Crippen MR) is 110 cm³/mol. The van der Waals surface area contributed by atoms with Crippen LogP contribution in [0.15, 0.2) is 30.3 Å². The Labute approximate surface area is 172 Å². The van der Waals surface area contributed by atoms with Crippen LogP contribution in [-0.2, 0) is 19.1 Å². The van der Waals surface area contributed by atoms with E-state index in [0.29, 0.717) is 22.0 Å². The maximum absolute atomic E-state index is 12.1. The van der Waals surface area contributed by atoms with Gasteiger partial charge in [0, 0.05) is 23.9 Å². The highest BCUT2D eigenvalue weighted by molar-refractivity contribution is 7.14. The van der Waals surface area contributed by atoms with Crippen LogP contribution in [0, 0.1) is 6.92 Å². The van der Waals surface area contributed by atoms with Crippen molar-refractivity contribution in [2.75, 3.05) is 24.4 Å². The lowest BCUT2D eigenvalue weighted by Gasteiger charge is -2.12. The van der Waals surface area contributed by atoms with E-state index in [4.69, 9.17) is 9.47 Å². The van der Waals surface area contributed by atoms with E-state index in [9.17, 15) is 19.2 Å². The molecule has 1 aromatic carbocycles. The van der Waals surface area contributed by atoms with Crippen LogP contribution < -0.4 is 15.4 Å². The molecule has 0 radical (unpaired) electrons. The lowest BCUT2D eigenvalue weighted by Crippen LogP contribution is -2.21. The quantitative estimate of drug-likeness (QED) is 0.478. The van der Waals surface area contributed by atoms with Gasteiger partial charge in [-0.05, 0) is 37.3 Å². The van der Waals surface area contributed by atoms with Crippen LogP contribution in [0.1, 0.15) is 34.3 Å². The number of hydrogen-bond donors (Lipinski definition) is 2. The smallest absolute Gasteiger partial charge is 0.306 e. The van der Waals surface area contributed by atoms with Gasteiger partial charge in [-0.25, -0.2) is 0 Å². The minimum atomic E-state index is -0.638. The number of methoxy groups -OCH3 is 1. The van der Waals surface area contributed by atoms with Crippen molar-refractivity contribution in [3.05, 3.63) is 40.1 Å². The Morgan fingerprint density at radius 3 is 2.41 bits per heavy atom. The van der Waals surface area contributed by atoms with Crippen LogP contribution in [0.4, 0.5) is 11.4 Å². The van der Waals surface area contributed by atoms with E-state index in [1.54, 1.807) is 18.2 Å². The summed E-state index contributed by atoms with van der Waals surface area (Å²) in [6.45, 7) is 2.76. The fourth-order valence-electron chi connectivity index (χ4n) is 2.41. The normalized spacial score (nSPS) is 10.2. The number of aryl methyl sites for hydroxylation is 1. The Morgan fingerprint density at radius 1 is 1.03 bits per heavy atom. The fourth-order valence-corrected chi connectivity index (χ4v) is 3.25. The molecular weight excluding hydrogens is 396 g/mol. The van der Waals surface area contributed by atoms with E-state index < -0.39 is 18.5 Å². The summed E-state index contributed by atoms with van der Waals surface area (Å²) >= 11 is 1.37. The van der Waals surface area contributed by atoms with E-state index in [0.717, 1.165) is 4.88 Å². The minimum Gasteiger partial charge on any atom is -0.495 e. The summed E-state index contributed by atoms with van der Waals surface area (Å²) in [5.74, 6) is -1.22. The van der Waals surface area contributed by atoms with Crippen molar-refractivity contribution < 1.29 is 28.7 Å². The molecule has 0 aliphatic heterocycles. The standard InChI is InChI=1S/C20H22N2O6S/c1-12-4-8-18(29-12)16(24)6-9-20(26)28-11-19(25)22-15-10-14(21-13(2)23)5-7-17(15)27-3/h4-5,7-8,10H,6,9,11H2,1-3H3,(H,21,23)(H,22,25). The van der Waals surface area contributed by atoms with Gasteiger partial charge in [0.15, 0.2) is 12.4 Å². The number of anilines is 2. The number of nitrogens with one attached hydrogen (secondary N) is 2. The fraction of sp³-hybridized carbons (Fsp3) is 0.300. The van der Waals surface area contributed by atoms with E-state index in [-0.39, 0.29) is 24.5 Å². The Kier molecular flexibility index (Phi) is 7.90. The highest BCUT2D eigenvalue weighted by Crippen LogP contribution is 2.27. The van der Waals surface area contributed by atoms with Gasteiger partial charge < -0.3 is 20.1 Å². The highest BCUT2D eigenvalue weighted by Gasteiger charge is 2.14. The van der Waals surface area contributed by atoms with Crippen LogP contribution >= 0.6 is 11.3 Å². The minimum absolute atomic E-state index is 0.0208. The van der Waals surface area contributed by atoms with Gasteiger partial charge in [0.1, 0.15) is 5.75 Å². The first kappa shape index (κ1) is 22.1. The number of hydrogen-bond acceptors (Lipinski definition) is 7. The second-order valence-corrected chi connectivity index (χ2v) is 7.43. The molecule has 0 saturated heterocycles. The Morgan fingerprint density at radius 2 is 1.79 bits per heavy atom. The van der Waals surface area contributed by atoms with Crippen LogP contribution in [0.5, 0.6) is 5.75 Å². The number of ether oxygens (including phenoxy) is 2. The van der Waals surface area contributed by atoms with Gasteiger partial charge in [0.2, 0.25) is 5.91 Å². The topological polar surface area (TPSA) is 111 Å². The molecule has 2 aromatic rings. The first-order valence-corrected chi connectivity index (χ1v) is 9.61. The molecule has 2 amide bonds. The number of thiophene rings is 1. The first-order chi connectivity index (χ1) is 13.8. The third-order valence-electron chi connectivity index (χ3n) is 3.73. The Bertz CT molecular complexity index is 921. The second-order valence-electron chi connectivity index (χ2n) is 6.14. The van der Waals surface area contributed by atoms with E-state index >= 15 is 0 Å². The van der Waals surface area contributed by atoms with Crippen LogP contribution in [0.2, 0.25) is 0 Å². The van der Waals surface area contributed by atoms with Gasteiger partial charge in [-0.15, -0.1) is 11.3 Å².